The minimum atomic E-state index is -0.529. The topological polar surface area (TPSA) is 105 Å². The number of aromatic nitrogens is 2. The van der Waals surface area contributed by atoms with Crippen LogP contribution >= 0.6 is 0 Å². The van der Waals surface area contributed by atoms with Gasteiger partial charge in [-0.2, -0.15) is 4.98 Å². The number of primary amides is 1. The summed E-state index contributed by atoms with van der Waals surface area (Å²) in [6, 6.07) is 1.31. The third-order valence-corrected chi connectivity index (χ3v) is 1.92. The molecule has 7 heteroatoms. The van der Waals surface area contributed by atoms with E-state index in [4.69, 9.17) is 5.73 Å². The molecule has 1 rings (SSSR count). The molecule has 0 aliphatic carbocycles. The van der Waals surface area contributed by atoms with Gasteiger partial charge in [0.25, 0.3) is 0 Å². The summed E-state index contributed by atoms with van der Waals surface area (Å²) in [5.41, 5.74) is 5.82. The Hall–Kier alpha value is -2.05. The molecule has 0 radical (unpaired) electrons. The van der Waals surface area contributed by atoms with Crippen molar-refractivity contribution >= 4 is 17.8 Å². The number of carbonyl (C=O) groups is 1. The van der Waals surface area contributed by atoms with E-state index < -0.39 is 6.03 Å². The van der Waals surface area contributed by atoms with E-state index in [0.717, 1.165) is 18.1 Å². The summed E-state index contributed by atoms with van der Waals surface area (Å²) in [6.07, 6.45) is 0. The highest BCUT2D eigenvalue weighted by Gasteiger charge is 2.00. The van der Waals surface area contributed by atoms with Crippen LogP contribution in [0.1, 0.15) is 12.6 Å². The zero-order valence-corrected chi connectivity index (χ0v) is 10.1. The van der Waals surface area contributed by atoms with Crippen LogP contribution < -0.4 is 21.7 Å². The molecular formula is C10H18N6O. The molecule has 1 aromatic rings. The molecule has 2 amide bonds. The second-order valence-electron chi connectivity index (χ2n) is 3.47. The summed E-state index contributed by atoms with van der Waals surface area (Å²) in [7, 11) is 0. The lowest BCUT2D eigenvalue weighted by Gasteiger charge is -2.09. The van der Waals surface area contributed by atoms with Crippen LogP contribution in [0.4, 0.5) is 16.6 Å². The first-order chi connectivity index (χ1) is 8.11. The van der Waals surface area contributed by atoms with Gasteiger partial charge in [0.2, 0.25) is 5.95 Å². The summed E-state index contributed by atoms with van der Waals surface area (Å²) < 4.78 is 0. The van der Waals surface area contributed by atoms with Crippen molar-refractivity contribution in [3.8, 4) is 0 Å². The number of nitrogens with zero attached hydrogens (tertiary/aromatic N) is 2. The zero-order chi connectivity index (χ0) is 12.7. The number of carbonyl (C=O) groups excluding carboxylic acids is 1. The van der Waals surface area contributed by atoms with Crippen LogP contribution in [0.15, 0.2) is 6.07 Å². The van der Waals surface area contributed by atoms with Crippen LogP contribution in [-0.4, -0.2) is 35.6 Å². The fourth-order valence-electron chi connectivity index (χ4n) is 1.27. The van der Waals surface area contributed by atoms with E-state index in [0.29, 0.717) is 19.0 Å². The van der Waals surface area contributed by atoms with Crippen LogP contribution in [0.25, 0.3) is 0 Å². The van der Waals surface area contributed by atoms with Gasteiger partial charge in [-0.3, -0.25) is 0 Å². The van der Waals surface area contributed by atoms with Crippen molar-refractivity contribution in [2.45, 2.75) is 13.8 Å². The summed E-state index contributed by atoms with van der Waals surface area (Å²) in [5, 5.41) is 8.61. The van der Waals surface area contributed by atoms with E-state index in [-0.39, 0.29) is 0 Å². The van der Waals surface area contributed by atoms with Crippen molar-refractivity contribution < 1.29 is 4.79 Å². The third kappa shape index (κ3) is 5.01. The number of nitrogens with one attached hydrogen (secondary N) is 3. The number of rotatable bonds is 6. The summed E-state index contributed by atoms with van der Waals surface area (Å²) in [4.78, 5) is 18.9. The Bertz CT molecular complexity index is 381. The van der Waals surface area contributed by atoms with Crippen molar-refractivity contribution in [2.24, 2.45) is 5.73 Å². The lowest BCUT2D eigenvalue weighted by molar-refractivity contribution is 0.249. The Labute approximate surface area is 100 Å². The molecular weight excluding hydrogens is 220 g/mol. The number of anilines is 2. The zero-order valence-electron chi connectivity index (χ0n) is 10.1. The maximum Gasteiger partial charge on any atom is 0.312 e. The van der Waals surface area contributed by atoms with Gasteiger partial charge in [-0.1, -0.05) is 0 Å². The average molecular weight is 238 g/mol. The standard InChI is InChI=1S/C10H18N6O/c1-3-12-10-15-7(2)6-8(16-10)13-4-5-14-9(11)17/h6H,3-5H2,1-2H3,(H3,11,14,17)(H2,12,13,15,16). The van der Waals surface area contributed by atoms with Gasteiger partial charge in [-0.05, 0) is 13.8 Å². The third-order valence-electron chi connectivity index (χ3n) is 1.92. The van der Waals surface area contributed by atoms with Gasteiger partial charge in [0, 0.05) is 31.4 Å². The van der Waals surface area contributed by atoms with Gasteiger partial charge in [0.1, 0.15) is 5.82 Å². The monoisotopic (exact) mass is 238 g/mol. The van der Waals surface area contributed by atoms with Crippen molar-refractivity contribution in [2.75, 3.05) is 30.3 Å². The Balaban J connectivity index is 2.49. The van der Waals surface area contributed by atoms with Gasteiger partial charge in [0.15, 0.2) is 0 Å². The Kier molecular flexibility index (Phi) is 4.99. The SMILES string of the molecule is CCNc1nc(C)cc(NCCNC(N)=O)n1. The summed E-state index contributed by atoms with van der Waals surface area (Å²) >= 11 is 0. The van der Waals surface area contributed by atoms with Gasteiger partial charge < -0.3 is 21.7 Å². The van der Waals surface area contributed by atoms with Crippen LogP contribution in [0.3, 0.4) is 0 Å². The quantitative estimate of drug-likeness (QED) is 0.533. The first kappa shape index (κ1) is 13.0. The highest BCUT2D eigenvalue weighted by molar-refractivity contribution is 5.71. The molecule has 17 heavy (non-hydrogen) atoms. The predicted octanol–water partition coefficient (Wildman–Crippen LogP) is 0.297. The molecule has 0 unspecified atom stereocenters. The molecule has 1 aromatic heterocycles. The van der Waals surface area contributed by atoms with Gasteiger partial charge in [0.05, 0.1) is 0 Å². The molecule has 0 aliphatic heterocycles. The van der Waals surface area contributed by atoms with E-state index >= 15 is 0 Å². The number of urea groups is 1. The van der Waals surface area contributed by atoms with E-state index in [9.17, 15) is 4.79 Å². The van der Waals surface area contributed by atoms with Crippen LogP contribution in [-0.2, 0) is 0 Å². The highest BCUT2D eigenvalue weighted by Crippen LogP contribution is 2.08. The van der Waals surface area contributed by atoms with E-state index in [1.54, 1.807) is 0 Å². The van der Waals surface area contributed by atoms with E-state index in [1.807, 2.05) is 19.9 Å². The second-order valence-corrected chi connectivity index (χ2v) is 3.47. The molecule has 1 heterocycles. The molecule has 0 aromatic carbocycles. The predicted molar refractivity (Wildman–Crippen MR) is 67.0 cm³/mol. The van der Waals surface area contributed by atoms with Crippen LogP contribution in [0, 0.1) is 6.92 Å². The first-order valence-corrected chi connectivity index (χ1v) is 5.48. The Morgan fingerprint density at radius 1 is 1.35 bits per heavy atom. The maximum atomic E-state index is 10.5. The van der Waals surface area contributed by atoms with Gasteiger partial charge in [-0.15, -0.1) is 0 Å². The largest absolute Gasteiger partial charge is 0.368 e. The Morgan fingerprint density at radius 3 is 2.76 bits per heavy atom. The molecule has 7 nitrogen and oxygen atoms in total. The molecule has 5 N–H and O–H groups in total. The van der Waals surface area contributed by atoms with Crippen LogP contribution in [0.5, 0.6) is 0 Å². The maximum absolute atomic E-state index is 10.5. The molecule has 94 valence electrons. The number of hydrogen-bond donors (Lipinski definition) is 4. The fraction of sp³-hybridized carbons (Fsp3) is 0.500. The average Bonchev–Trinajstić information content (AvgIpc) is 2.24. The molecule has 0 bridgehead atoms. The molecule has 0 atom stereocenters. The number of aryl methyl sites for hydroxylation is 1. The van der Waals surface area contributed by atoms with Gasteiger partial charge in [-0.25, -0.2) is 9.78 Å². The molecule has 0 fully saturated rings. The van der Waals surface area contributed by atoms with E-state index in [1.165, 1.54) is 0 Å². The lowest BCUT2D eigenvalue weighted by Crippen LogP contribution is -2.33. The lowest BCUT2D eigenvalue weighted by atomic mass is 10.4. The summed E-state index contributed by atoms with van der Waals surface area (Å²) in [6.45, 7) is 5.66. The summed E-state index contributed by atoms with van der Waals surface area (Å²) in [5.74, 6) is 1.32. The van der Waals surface area contributed by atoms with Crippen molar-refractivity contribution in [1.82, 2.24) is 15.3 Å². The first-order valence-electron chi connectivity index (χ1n) is 5.48. The van der Waals surface area contributed by atoms with E-state index in [2.05, 4.69) is 25.9 Å². The molecule has 0 spiro atoms. The molecule has 0 saturated heterocycles. The number of amides is 2. The number of nitrogens with two attached hydrogens (primary N) is 1. The Morgan fingerprint density at radius 2 is 2.12 bits per heavy atom. The van der Waals surface area contributed by atoms with Crippen molar-refractivity contribution in [1.29, 1.82) is 0 Å². The molecule has 0 saturated carbocycles. The normalized spacial score (nSPS) is 9.76. The smallest absolute Gasteiger partial charge is 0.312 e. The number of hydrogen-bond acceptors (Lipinski definition) is 5. The van der Waals surface area contributed by atoms with Crippen molar-refractivity contribution in [3.63, 3.8) is 0 Å². The van der Waals surface area contributed by atoms with Gasteiger partial charge >= 0.3 is 6.03 Å². The second kappa shape index (κ2) is 6.51. The fourth-order valence-corrected chi connectivity index (χ4v) is 1.27. The highest BCUT2D eigenvalue weighted by atomic mass is 16.2. The van der Waals surface area contributed by atoms with Crippen molar-refractivity contribution in [3.05, 3.63) is 11.8 Å². The minimum absolute atomic E-state index is 0.453. The molecule has 0 aliphatic rings. The van der Waals surface area contributed by atoms with Crippen LogP contribution in [0.2, 0.25) is 0 Å². The minimum Gasteiger partial charge on any atom is -0.368 e.